The summed E-state index contributed by atoms with van der Waals surface area (Å²) in [4.78, 5) is 24.5. The van der Waals surface area contributed by atoms with Gasteiger partial charge in [-0.25, -0.2) is 5.48 Å². The molecule has 0 aromatic heterocycles. The van der Waals surface area contributed by atoms with Gasteiger partial charge in [-0.1, -0.05) is 12.1 Å². The Labute approximate surface area is 146 Å². The van der Waals surface area contributed by atoms with Crippen molar-refractivity contribution in [1.82, 2.24) is 10.4 Å². The minimum Gasteiger partial charge on any atom is -0.457 e. The molecule has 0 aliphatic carbocycles. The summed E-state index contributed by atoms with van der Waals surface area (Å²) >= 11 is 0. The minimum atomic E-state index is -0.584. The van der Waals surface area contributed by atoms with Gasteiger partial charge in [0.05, 0.1) is 6.04 Å². The average Bonchev–Trinajstić information content (AvgIpc) is 2.62. The fraction of sp³-hybridized carbons (Fsp3) is 0.222. The number of hydrogen-bond donors (Lipinski definition) is 3. The van der Waals surface area contributed by atoms with Crippen molar-refractivity contribution in [2.75, 3.05) is 14.1 Å². The molecule has 0 unspecified atom stereocenters. The number of nitrogens with one attached hydrogen (secondary N) is 1. The van der Waals surface area contributed by atoms with Crippen molar-refractivity contribution in [1.29, 1.82) is 0 Å². The Morgan fingerprint density at radius 2 is 1.60 bits per heavy atom. The number of ether oxygens (including phenoxy) is 1. The van der Waals surface area contributed by atoms with Gasteiger partial charge in [-0.15, -0.1) is 0 Å². The van der Waals surface area contributed by atoms with E-state index in [0.29, 0.717) is 23.5 Å². The van der Waals surface area contributed by atoms with Gasteiger partial charge < -0.3 is 15.4 Å². The van der Waals surface area contributed by atoms with Gasteiger partial charge in [0, 0.05) is 19.7 Å². The molecular formula is C18H21N3O4. The SMILES string of the molecule is CN(C)C(=O)[C@@H](N)Cc1ccc(Oc2ccc(C(=O)NO)cc2)cc1. The van der Waals surface area contributed by atoms with Crippen molar-refractivity contribution < 1.29 is 19.5 Å². The lowest BCUT2D eigenvalue weighted by atomic mass is 10.1. The molecule has 0 spiro atoms. The van der Waals surface area contributed by atoms with Gasteiger partial charge in [0.15, 0.2) is 0 Å². The summed E-state index contributed by atoms with van der Waals surface area (Å²) in [5.41, 5.74) is 8.72. The molecule has 0 aliphatic heterocycles. The van der Waals surface area contributed by atoms with Crippen LogP contribution in [0.15, 0.2) is 48.5 Å². The summed E-state index contributed by atoms with van der Waals surface area (Å²) in [6.07, 6.45) is 0.447. The molecule has 2 aromatic carbocycles. The second kappa shape index (κ2) is 8.27. The Kier molecular flexibility index (Phi) is 6.10. The molecule has 25 heavy (non-hydrogen) atoms. The third-order valence-electron chi connectivity index (χ3n) is 3.59. The van der Waals surface area contributed by atoms with E-state index in [0.717, 1.165) is 5.56 Å². The number of benzene rings is 2. The van der Waals surface area contributed by atoms with Crippen molar-refractivity contribution in [2.24, 2.45) is 5.73 Å². The van der Waals surface area contributed by atoms with Crippen LogP contribution in [0.1, 0.15) is 15.9 Å². The zero-order chi connectivity index (χ0) is 18.4. The van der Waals surface area contributed by atoms with E-state index in [-0.39, 0.29) is 5.91 Å². The topological polar surface area (TPSA) is 105 Å². The van der Waals surface area contributed by atoms with Gasteiger partial charge in [0.2, 0.25) is 5.91 Å². The smallest absolute Gasteiger partial charge is 0.274 e. The molecule has 7 nitrogen and oxygen atoms in total. The van der Waals surface area contributed by atoms with E-state index in [1.54, 1.807) is 56.0 Å². The summed E-state index contributed by atoms with van der Waals surface area (Å²) in [6, 6.07) is 13.0. The number of likely N-dealkylation sites (N-methyl/N-ethyl adjacent to an activating group) is 1. The average molecular weight is 343 g/mol. The van der Waals surface area contributed by atoms with Gasteiger partial charge in [-0.2, -0.15) is 0 Å². The standard InChI is InChI=1S/C18H21N3O4/c1-21(2)18(23)16(19)11-12-3-7-14(8-4-12)25-15-9-5-13(6-10-15)17(22)20-24/h3-10,16,24H,11,19H2,1-2H3,(H,20,22)/t16-/m0/s1. The van der Waals surface area contributed by atoms with Crippen LogP contribution in [-0.2, 0) is 11.2 Å². The zero-order valence-electron chi connectivity index (χ0n) is 14.1. The first-order valence-corrected chi connectivity index (χ1v) is 7.68. The minimum absolute atomic E-state index is 0.118. The molecule has 132 valence electrons. The van der Waals surface area contributed by atoms with Crippen molar-refractivity contribution in [3.8, 4) is 11.5 Å². The van der Waals surface area contributed by atoms with Gasteiger partial charge in [-0.3, -0.25) is 14.8 Å². The van der Waals surface area contributed by atoms with E-state index >= 15 is 0 Å². The van der Waals surface area contributed by atoms with Crippen LogP contribution in [0.5, 0.6) is 11.5 Å². The molecule has 0 aliphatic rings. The van der Waals surface area contributed by atoms with E-state index in [9.17, 15) is 9.59 Å². The first-order chi connectivity index (χ1) is 11.9. The molecule has 7 heteroatoms. The quantitative estimate of drug-likeness (QED) is 0.545. The van der Waals surface area contributed by atoms with Crippen molar-refractivity contribution in [3.05, 3.63) is 59.7 Å². The van der Waals surface area contributed by atoms with Crippen LogP contribution in [0.3, 0.4) is 0 Å². The lowest BCUT2D eigenvalue weighted by molar-refractivity contribution is -0.130. The van der Waals surface area contributed by atoms with Gasteiger partial charge in [-0.05, 0) is 48.4 Å². The maximum atomic E-state index is 11.8. The maximum Gasteiger partial charge on any atom is 0.274 e. The molecule has 0 bridgehead atoms. The Hall–Kier alpha value is -2.90. The van der Waals surface area contributed by atoms with E-state index in [2.05, 4.69) is 0 Å². The molecule has 0 fully saturated rings. The monoisotopic (exact) mass is 343 g/mol. The predicted molar refractivity (Wildman–Crippen MR) is 92.6 cm³/mol. The van der Waals surface area contributed by atoms with Crippen LogP contribution in [0, 0.1) is 0 Å². The number of rotatable bonds is 6. The van der Waals surface area contributed by atoms with Gasteiger partial charge in [0.1, 0.15) is 11.5 Å². The maximum absolute atomic E-state index is 11.8. The van der Waals surface area contributed by atoms with Crippen molar-refractivity contribution in [2.45, 2.75) is 12.5 Å². The fourth-order valence-electron chi connectivity index (χ4n) is 2.24. The lowest BCUT2D eigenvalue weighted by Crippen LogP contribution is -2.41. The van der Waals surface area contributed by atoms with Crippen LogP contribution < -0.4 is 16.0 Å². The fourth-order valence-corrected chi connectivity index (χ4v) is 2.24. The van der Waals surface area contributed by atoms with Gasteiger partial charge in [0.25, 0.3) is 5.91 Å². The molecule has 2 aromatic rings. The van der Waals surface area contributed by atoms with Crippen molar-refractivity contribution in [3.63, 3.8) is 0 Å². The first-order valence-electron chi connectivity index (χ1n) is 7.68. The highest BCUT2D eigenvalue weighted by Crippen LogP contribution is 2.22. The van der Waals surface area contributed by atoms with Crippen LogP contribution in [0.4, 0.5) is 0 Å². The third-order valence-corrected chi connectivity index (χ3v) is 3.59. The van der Waals surface area contributed by atoms with Crippen LogP contribution in [0.2, 0.25) is 0 Å². The van der Waals surface area contributed by atoms with E-state index in [1.165, 1.54) is 4.90 Å². The highest BCUT2D eigenvalue weighted by Gasteiger charge is 2.15. The Bertz CT molecular complexity index is 727. The molecule has 4 N–H and O–H groups in total. The third kappa shape index (κ3) is 5.03. The number of nitrogens with two attached hydrogens (primary N) is 1. The molecular weight excluding hydrogens is 322 g/mol. The molecule has 0 saturated carbocycles. The number of amides is 2. The number of hydrogen-bond acceptors (Lipinski definition) is 5. The molecule has 0 radical (unpaired) electrons. The second-order valence-corrected chi connectivity index (χ2v) is 5.75. The summed E-state index contributed by atoms with van der Waals surface area (Å²) in [7, 11) is 3.35. The Morgan fingerprint density at radius 1 is 1.08 bits per heavy atom. The highest BCUT2D eigenvalue weighted by molar-refractivity contribution is 5.93. The van der Waals surface area contributed by atoms with E-state index < -0.39 is 11.9 Å². The summed E-state index contributed by atoms with van der Waals surface area (Å²) in [5, 5.41) is 8.58. The number of carbonyl (C=O) groups is 2. The largest absolute Gasteiger partial charge is 0.457 e. The summed E-state index contributed by atoms with van der Waals surface area (Å²) < 4.78 is 5.69. The summed E-state index contributed by atoms with van der Waals surface area (Å²) in [5.74, 6) is 0.476. The van der Waals surface area contributed by atoms with Crippen molar-refractivity contribution >= 4 is 11.8 Å². The molecule has 1 atom stereocenters. The second-order valence-electron chi connectivity index (χ2n) is 5.75. The van der Waals surface area contributed by atoms with E-state index in [1.807, 2.05) is 12.1 Å². The normalized spacial score (nSPS) is 11.5. The Morgan fingerprint density at radius 3 is 2.08 bits per heavy atom. The highest BCUT2D eigenvalue weighted by atomic mass is 16.5. The van der Waals surface area contributed by atoms with Gasteiger partial charge >= 0.3 is 0 Å². The van der Waals surface area contributed by atoms with E-state index in [4.69, 9.17) is 15.7 Å². The van der Waals surface area contributed by atoms with Crippen LogP contribution in [-0.4, -0.2) is 42.1 Å². The molecule has 2 rings (SSSR count). The van der Waals surface area contributed by atoms with Crippen LogP contribution in [0.25, 0.3) is 0 Å². The predicted octanol–water partition coefficient (Wildman–Crippen LogP) is 1.56. The van der Waals surface area contributed by atoms with Crippen LogP contribution >= 0.6 is 0 Å². The summed E-state index contributed by atoms with van der Waals surface area (Å²) in [6.45, 7) is 0. The molecule has 0 saturated heterocycles. The number of nitrogens with zero attached hydrogens (tertiary/aromatic N) is 1. The number of hydroxylamine groups is 1. The molecule has 2 amide bonds. The molecule has 0 heterocycles. The number of carbonyl (C=O) groups excluding carboxylic acids is 2. The lowest BCUT2D eigenvalue weighted by Gasteiger charge is -2.16. The zero-order valence-corrected chi connectivity index (χ0v) is 14.1. The Balaban J connectivity index is 1.98. The first kappa shape index (κ1) is 18.4.